The third-order valence-corrected chi connectivity index (χ3v) is 12.1. The highest BCUT2D eigenvalue weighted by atomic mass is 28.4. The summed E-state index contributed by atoms with van der Waals surface area (Å²) in [6, 6.07) is 9.75. The van der Waals surface area contributed by atoms with Crippen LogP contribution < -0.4 is 0 Å². The van der Waals surface area contributed by atoms with E-state index >= 15 is 0 Å². The number of hydrogen-bond donors (Lipinski definition) is 1. The molecule has 9 heteroatoms. The first-order valence-electron chi connectivity index (χ1n) is 11.9. The van der Waals surface area contributed by atoms with Gasteiger partial charge in [-0.3, -0.25) is 0 Å². The molecule has 34 heavy (non-hydrogen) atoms. The Labute approximate surface area is 204 Å². The zero-order chi connectivity index (χ0) is 25.4. The van der Waals surface area contributed by atoms with Gasteiger partial charge >= 0.3 is 0 Å². The molecule has 1 aromatic carbocycles. The fourth-order valence-corrected chi connectivity index (χ4v) is 4.92. The Morgan fingerprint density at radius 2 is 1.53 bits per heavy atom. The zero-order valence-electron chi connectivity index (χ0n) is 22.0. The van der Waals surface area contributed by atoms with E-state index in [2.05, 4.69) is 33.9 Å². The lowest BCUT2D eigenvalue weighted by atomic mass is 9.94. The van der Waals surface area contributed by atoms with Gasteiger partial charge in [0.2, 0.25) is 11.6 Å². The van der Waals surface area contributed by atoms with Gasteiger partial charge in [0.25, 0.3) is 0 Å². The molecule has 194 valence electrons. The van der Waals surface area contributed by atoms with Crippen LogP contribution in [0.3, 0.4) is 0 Å². The molecule has 0 bridgehead atoms. The molecular formula is C25H42O8Si. The maximum Gasteiger partial charge on any atom is 0.220 e. The molecule has 2 aliphatic heterocycles. The summed E-state index contributed by atoms with van der Waals surface area (Å²) in [4.78, 5) is 0. The minimum atomic E-state index is -2.07. The number of rotatable bonds is 8. The maximum atomic E-state index is 11.2. The molecular weight excluding hydrogens is 456 g/mol. The van der Waals surface area contributed by atoms with E-state index in [1.54, 1.807) is 13.8 Å². The fourth-order valence-electron chi connectivity index (χ4n) is 3.90. The molecule has 2 fully saturated rings. The van der Waals surface area contributed by atoms with E-state index in [1.165, 1.54) is 14.2 Å². The number of fused-ring (bicyclic) bond motifs is 1. The van der Waals surface area contributed by atoms with E-state index in [-0.39, 0.29) is 18.3 Å². The predicted molar refractivity (Wildman–Crippen MR) is 130 cm³/mol. The van der Waals surface area contributed by atoms with Gasteiger partial charge in [-0.05, 0) is 37.5 Å². The van der Waals surface area contributed by atoms with Crippen LogP contribution in [0.2, 0.25) is 18.1 Å². The van der Waals surface area contributed by atoms with Crippen LogP contribution in [0.15, 0.2) is 30.3 Å². The van der Waals surface area contributed by atoms with Gasteiger partial charge in [-0.1, -0.05) is 51.1 Å². The van der Waals surface area contributed by atoms with E-state index in [1.807, 2.05) is 30.3 Å². The van der Waals surface area contributed by atoms with Gasteiger partial charge in [-0.15, -0.1) is 0 Å². The largest absolute Gasteiger partial charge is 0.414 e. The molecule has 3 rings (SSSR count). The van der Waals surface area contributed by atoms with Crippen molar-refractivity contribution in [3.63, 3.8) is 0 Å². The molecule has 2 heterocycles. The van der Waals surface area contributed by atoms with E-state index in [9.17, 15) is 5.11 Å². The second kappa shape index (κ2) is 10.2. The first kappa shape index (κ1) is 27.7. The second-order valence-corrected chi connectivity index (χ2v) is 15.7. The van der Waals surface area contributed by atoms with Gasteiger partial charge in [0.05, 0.1) is 13.2 Å². The van der Waals surface area contributed by atoms with Crippen LogP contribution in [0.1, 0.15) is 40.2 Å². The van der Waals surface area contributed by atoms with Crippen LogP contribution >= 0.6 is 0 Å². The van der Waals surface area contributed by atoms with Crippen LogP contribution in [0.25, 0.3) is 0 Å². The number of aliphatic hydroxyl groups excluding tert-OH is 1. The lowest BCUT2D eigenvalue weighted by Gasteiger charge is -2.56. The zero-order valence-corrected chi connectivity index (χ0v) is 23.0. The van der Waals surface area contributed by atoms with E-state index in [0.717, 1.165) is 5.56 Å². The molecule has 0 aromatic heterocycles. The number of methoxy groups -OCH3 is 2. The highest BCUT2D eigenvalue weighted by Gasteiger charge is 2.62. The highest BCUT2D eigenvalue weighted by Crippen LogP contribution is 2.44. The summed E-state index contributed by atoms with van der Waals surface area (Å²) in [5.41, 5.74) is 0.976. The third kappa shape index (κ3) is 5.43. The Kier molecular flexibility index (Phi) is 8.34. The number of benzene rings is 1. The average molecular weight is 499 g/mol. The molecule has 0 spiro atoms. The van der Waals surface area contributed by atoms with Gasteiger partial charge in [-0.25, -0.2) is 0 Å². The quantitative estimate of drug-likeness (QED) is 0.542. The molecule has 8 nitrogen and oxygen atoms in total. The Hall–Kier alpha value is -0.883. The maximum absolute atomic E-state index is 11.2. The Morgan fingerprint density at radius 1 is 0.971 bits per heavy atom. The molecule has 0 radical (unpaired) electrons. The van der Waals surface area contributed by atoms with Crippen molar-refractivity contribution >= 4 is 8.32 Å². The Bertz CT molecular complexity index is 800. The Balaban J connectivity index is 1.85. The van der Waals surface area contributed by atoms with E-state index < -0.39 is 50.6 Å². The van der Waals surface area contributed by atoms with Crippen molar-refractivity contribution in [2.75, 3.05) is 20.8 Å². The number of hydrogen-bond acceptors (Lipinski definition) is 8. The van der Waals surface area contributed by atoms with Crippen molar-refractivity contribution in [1.29, 1.82) is 0 Å². The smallest absolute Gasteiger partial charge is 0.220 e. The first-order chi connectivity index (χ1) is 15.8. The first-order valence-corrected chi connectivity index (χ1v) is 14.8. The van der Waals surface area contributed by atoms with Gasteiger partial charge < -0.3 is 38.0 Å². The lowest BCUT2D eigenvalue weighted by molar-refractivity contribution is -0.480. The number of aliphatic hydroxyl groups is 1. The molecule has 1 aromatic rings. The van der Waals surface area contributed by atoms with Crippen LogP contribution in [0.5, 0.6) is 0 Å². The third-order valence-electron chi connectivity index (χ3n) is 7.61. The summed E-state index contributed by atoms with van der Waals surface area (Å²) in [7, 11) is 0.987. The summed E-state index contributed by atoms with van der Waals surface area (Å²) in [5, 5.41) is 11.2. The summed E-state index contributed by atoms with van der Waals surface area (Å²) >= 11 is 0. The molecule has 0 saturated carbocycles. The van der Waals surface area contributed by atoms with E-state index in [0.29, 0.717) is 0 Å². The van der Waals surface area contributed by atoms with Crippen LogP contribution in [-0.2, 0) is 39.5 Å². The van der Waals surface area contributed by atoms with Crippen molar-refractivity contribution in [3.05, 3.63) is 35.9 Å². The van der Waals surface area contributed by atoms with Crippen LogP contribution in [-0.4, -0.2) is 76.5 Å². The molecule has 1 N–H and O–H groups in total. The van der Waals surface area contributed by atoms with Crippen molar-refractivity contribution in [1.82, 2.24) is 0 Å². The molecule has 2 saturated heterocycles. The lowest BCUT2D eigenvalue weighted by Crippen LogP contribution is -2.73. The van der Waals surface area contributed by atoms with Crippen molar-refractivity contribution in [2.45, 2.75) is 102 Å². The van der Waals surface area contributed by atoms with Crippen molar-refractivity contribution in [3.8, 4) is 0 Å². The SMILES string of the molecule is CO[C@]1(C)O[C@@H]2[C@@H](O)[C@H](OCc3ccccc3)O[C@H](CO[Si](C)(C)C(C)(C)C)[C@H]2O[C@@]1(C)OC. The summed E-state index contributed by atoms with van der Waals surface area (Å²) in [6.07, 6.45) is -3.99. The fraction of sp³-hybridized carbons (Fsp3) is 0.760. The highest BCUT2D eigenvalue weighted by molar-refractivity contribution is 6.74. The van der Waals surface area contributed by atoms with Crippen molar-refractivity contribution in [2.24, 2.45) is 0 Å². The van der Waals surface area contributed by atoms with Gasteiger partial charge in [0.1, 0.15) is 24.4 Å². The molecule has 7 atom stereocenters. The second-order valence-electron chi connectivity index (χ2n) is 10.9. The molecule has 0 unspecified atom stereocenters. The predicted octanol–water partition coefficient (Wildman–Crippen LogP) is 3.82. The van der Waals surface area contributed by atoms with Crippen LogP contribution in [0, 0.1) is 0 Å². The number of ether oxygens (including phenoxy) is 6. The average Bonchev–Trinajstić information content (AvgIpc) is 2.79. The van der Waals surface area contributed by atoms with Crippen molar-refractivity contribution < 1.29 is 38.0 Å². The van der Waals surface area contributed by atoms with Gasteiger partial charge in [-0.2, -0.15) is 0 Å². The molecule has 0 aliphatic carbocycles. The summed E-state index contributed by atoms with van der Waals surface area (Å²) < 4.78 is 42.8. The Morgan fingerprint density at radius 3 is 2.06 bits per heavy atom. The normalized spacial score (nSPS) is 36.8. The monoisotopic (exact) mass is 498 g/mol. The minimum Gasteiger partial charge on any atom is -0.414 e. The standard InChI is InChI=1S/C25H42O8Si/c1-23(2,3)34(8,9)30-16-18-20-21(33-25(5,28-7)24(4,27-6)32-20)19(26)22(31-18)29-15-17-13-11-10-12-14-17/h10-14,18-22,26H,15-16H2,1-9H3/t18-,19-,20-,21-,22-,24-,25-/m1/s1. The van der Waals surface area contributed by atoms with Gasteiger partial charge in [0.15, 0.2) is 14.6 Å². The van der Waals surface area contributed by atoms with Gasteiger partial charge in [0, 0.05) is 14.2 Å². The topological polar surface area (TPSA) is 84.8 Å². The summed E-state index contributed by atoms with van der Waals surface area (Å²) in [6.45, 7) is 15.0. The molecule has 0 amide bonds. The molecule has 2 aliphatic rings. The minimum absolute atomic E-state index is 0.0311. The summed E-state index contributed by atoms with van der Waals surface area (Å²) in [5.74, 6) is -2.48. The van der Waals surface area contributed by atoms with E-state index in [4.69, 9.17) is 32.8 Å². The van der Waals surface area contributed by atoms with Crippen LogP contribution in [0.4, 0.5) is 0 Å².